The van der Waals surface area contributed by atoms with E-state index >= 15 is 0 Å². The van der Waals surface area contributed by atoms with Crippen LogP contribution in [-0.2, 0) is 9.53 Å². The second-order valence-electron chi connectivity index (χ2n) is 5.29. The van der Waals surface area contributed by atoms with E-state index in [1.165, 1.54) is 0 Å². The molecular formula is C14H19N3O2S. The summed E-state index contributed by atoms with van der Waals surface area (Å²) in [6, 6.07) is 2.19. The summed E-state index contributed by atoms with van der Waals surface area (Å²) in [5.74, 6) is -0.660. The van der Waals surface area contributed by atoms with Crippen LogP contribution in [0.2, 0.25) is 0 Å². The summed E-state index contributed by atoms with van der Waals surface area (Å²) >= 11 is 5.31. The number of thiocarbonyl (C=S) groups is 1. The van der Waals surface area contributed by atoms with Crippen LogP contribution in [0.3, 0.4) is 0 Å². The maximum Gasteiger partial charge on any atom is 0.316 e. The number of hydrogen-bond acceptors (Lipinski definition) is 5. The Hall–Kier alpha value is -1.61. The van der Waals surface area contributed by atoms with Crippen molar-refractivity contribution in [1.29, 1.82) is 5.26 Å². The second-order valence-corrected chi connectivity index (χ2v) is 5.73. The second kappa shape index (κ2) is 5.80. The van der Waals surface area contributed by atoms with Crippen molar-refractivity contribution in [3.05, 3.63) is 11.4 Å². The molecule has 1 fully saturated rings. The van der Waals surface area contributed by atoms with Crippen LogP contribution in [0, 0.1) is 22.7 Å². The van der Waals surface area contributed by atoms with E-state index in [9.17, 15) is 10.1 Å². The lowest BCUT2D eigenvalue weighted by atomic mass is 9.60. The summed E-state index contributed by atoms with van der Waals surface area (Å²) in [6.45, 7) is 2.06. The molecule has 1 aliphatic heterocycles. The summed E-state index contributed by atoms with van der Waals surface area (Å²) in [7, 11) is 0. The molecule has 1 spiro atoms. The van der Waals surface area contributed by atoms with Gasteiger partial charge in [-0.25, -0.2) is 0 Å². The van der Waals surface area contributed by atoms with E-state index in [0.717, 1.165) is 32.1 Å². The van der Waals surface area contributed by atoms with E-state index in [1.54, 1.807) is 6.92 Å². The van der Waals surface area contributed by atoms with E-state index in [2.05, 4.69) is 11.4 Å². The van der Waals surface area contributed by atoms with E-state index in [4.69, 9.17) is 22.7 Å². The van der Waals surface area contributed by atoms with Crippen LogP contribution in [0.25, 0.3) is 0 Å². The van der Waals surface area contributed by atoms with Crippen molar-refractivity contribution in [1.82, 2.24) is 5.32 Å². The van der Waals surface area contributed by atoms with Crippen LogP contribution in [0.5, 0.6) is 0 Å². The number of esters is 1. The molecule has 3 N–H and O–H groups in total. The van der Waals surface area contributed by atoms with Gasteiger partial charge in [-0.2, -0.15) is 5.26 Å². The quantitative estimate of drug-likeness (QED) is 0.595. The van der Waals surface area contributed by atoms with Gasteiger partial charge < -0.3 is 15.8 Å². The highest BCUT2D eigenvalue weighted by Gasteiger charge is 2.53. The summed E-state index contributed by atoms with van der Waals surface area (Å²) in [5, 5.41) is 12.3. The van der Waals surface area contributed by atoms with Gasteiger partial charge in [0.25, 0.3) is 0 Å². The van der Waals surface area contributed by atoms with Crippen molar-refractivity contribution in [2.75, 3.05) is 6.61 Å². The van der Waals surface area contributed by atoms with Gasteiger partial charge >= 0.3 is 5.97 Å². The zero-order chi connectivity index (χ0) is 14.8. The molecule has 1 aliphatic carbocycles. The van der Waals surface area contributed by atoms with Gasteiger partial charge in [-0.05, 0) is 19.8 Å². The van der Waals surface area contributed by atoms with E-state index in [1.807, 2.05) is 0 Å². The maximum atomic E-state index is 12.3. The molecule has 2 rings (SSSR count). The topological polar surface area (TPSA) is 88.1 Å². The van der Waals surface area contributed by atoms with Gasteiger partial charge in [-0.1, -0.05) is 31.5 Å². The van der Waals surface area contributed by atoms with Gasteiger partial charge in [-0.15, -0.1) is 0 Å². The van der Waals surface area contributed by atoms with Crippen molar-refractivity contribution in [3.8, 4) is 6.07 Å². The molecule has 0 saturated heterocycles. The summed E-state index contributed by atoms with van der Waals surface area (Å²) in [4.78, 5) is 12.7. The molecule has 1 heterocycles. The third-order valence-electron chi connectivity index (χ3n) is 4.22. The summed E-state index contributed by atoms with van der Waals surface area (Å²) in [6.07, 6.45) is 4.55. The fraction of sp³-hybridized carbons (Fsp3) is 0.643. The first-order valence-electron chi connectivity index (χ1n) is 6.94. The van der Waals surface area contributed by atoms with Crippen LogP contribution in [0.1, 0.15) is 39.0 Å². The van der Waals surface area contributed by atoms with Gasteiger partial charge in [0, 0.05) is 5.41 Å². The number of allylic oxidation sites excluding steroid dienone is 1. The first kappa shape index (κ1) is 14.8. The first-order valence-corrected chi connectivity index (χ1v) is 7.35. The van der Waals surface area contributed by atoms with Gasteiger partial charge in [0.2, 0.25) is 0 Å². The van der Waals surface area contributed by atoms with Gasteiger partial charge in [0.1, 0.15) is 11.7 Å². The Kier molecular flexibility index (Phi) is 4.29. The molecule has 0 aromatic rings. The molecule has 0 unspecified atom stereocenters. The van der Waals surface area contributed by atoms with Crippen molar-refractivity contribution in [2.24, 2.45) is 17.1 Å². The number of nitriles is 1. The Morgan fingerprint density at radius 2 is 2.20 bits per heavy atom. The van der Waals surface area contributed by atoms with Gasteiger partial charge in [0.15, 0.2) is 0 Å². The lowest BCUT2D eigenvalue weighted by Gasteiger charge is -2.45. The SMILES string of the molecule is CCOC(=O)[C@@H]1C(=S)NC(N)=C(C#N)C12CCCCC2. The molecule has 1 saturated carbocycles. The lowest BCUT2D eigenvalue weighted by Crippen LogP contribution is -2.53. The zero-order valence-electron chi connectivity index (χ0n) is 11.6. The molecular weight excluding hydrogens is 274 g/mol. The van der Waals surface area contributed by atoms with Gasteiger partial charge in [-0.3, -0.25) is 4.79 Å². The predicted octanol–water partition coefficient (Wildman–Crippen LogP) is 1.74. The highest BCUT2D eigenvalue weighted by molar-refractivity contribution is 7.80. The Balaban J connectivity index is 2.50. The fourth-order valence-corrected chi connectivity index (χ4v) is 3.81. The van der Waals surface area contributed by atoms with Crippen molar-refractivity contribution >= 4 is 23.2 Å². The third kappa shape index (κ3) is 2.27. The average Bonchev–Trinajstić information content (AvgIpc) is 2.39. The molecule has 0 aromatic carbocycles. The Morgan fingerprint density at radius 3 is 2.75 bits per heavy atom. The summed E-state index contributed by atoms with van der Waals surface area (Å²) < 4.78 is 5.17. The Labute approximate surface area is 124 Å². The molecule has 1 atom stereocenters. The Bertz CT molecular complexity index is 501. The molecule has 0 bridgehead atoms. The zero-order valence-corrected chi connectivity index (χ0v) is 12.4. The lowest BCUT2D eigenvalue weighted by molar-refractivity contribution is -0.149. The number of carbonyl (C=O) groups is 1. The van der Waals surface area contributed by atoms with Crippen LogP contribution >= 0.6 is 12.2 Å². The number of nitrogens with two attached hydrogens (primary N) is 1. The van der Waals surface area contributed by atoms with E-state index in [0.29, 0.717) is 23.0 Å². The molecule has 0 amide bonds. The standard InChI is InChI=1S/C14H19N3O2S/c1-2-19-13(18)10-12(20)17-11(16)9(8-15)14(10)6-4-3-5-7-14/h10H,2-7,16H2,1H3,(H,17,20)/t10-/m0/s1. The molecule has 2 aliphatic rings. The van der Waals surface area contributed by atoms with Crippen LogP contribution in [0.15, 0.2) is 11.4 Å². The monoisotopic (exact) mass is 293 g/mol. The molecule has 108 valence electrons. The number of nitrogens with zero attached hydrogens (tertiary/aromatic N) is 1. The van der Waals surface area contributed by atoms with Crippen molar-refractivity contribution < 1.29 is 9.53 Å². The van der Waals surface area contributed by atoms with E-state index in [-0.39, 0.29) is 5.97 Å². The van der Waals surface area contributed by atoms with Crippen LogP contribution in [-0.4, -0.2) is 17.6 Å². The van der Waals surface area contributed by atoms with Crippen molar-refractivity contribution in [3.63, 3.8) is 0 Å². The van der Waals surface area contributed by atoms with Crippen LogP contribution in [0.4, 0.5) is 0 Å². The van der Waals surface area contributed by atoms with Crippen molar-refractivity contribution in [2.45, 2.75) is 39.0 Å². The summed E-state index contributed by atoms with van der Waals surface area (Å²) in [5.41, 5.74) is 5.81. The molecule has 0 radical (unpaired) electrons. The highest BCUT2D eigenvalue weighted by Crippen LogP contribution is 2.50. The minimum absolute atomic E-state index is 0.292. The number of ether oxygens (including phenoxy) is 1. The normalized spacial score (nSPS) is 25.0. The fourth-order valence-electron chi connectivity index (χ4n) is 3.38. The highest BCUT2D eigenvalue weighted by atomic mass is 32.1. The number of nitrogens with one attached hydrogen (secondary N) is 1. The smallest absolute Gasteiger partial charge is 0.316 e. The third-order valence-corrected chi connectivity index (χ3v) is 4.56. The number of rotatable bonds is 2. The van der Waals surface area contributed by atoms with Gasteiger partial charge in [0.05, 0.1) is 23.2 Å². The first-order chi connectivity index (χ1) is 9.56. The number of hydrogen-bond donors (Lipinski definition) is 2. The molecule has 20 heavy (non-hydrogen) atoms. The maximum absolute atomic E-state index is 12.3. The van der Waals surface area contributed by atoms with Crippen LogP contribution < -0.4 is 11.1 Å². The largest absolute Gasteiger partial charge is 0.465 e. The minimum atomic E-state index is -0.598. The minimum Gasteiger partial charge on any atom is -0.465 e. The molecule has 0 aromatic heterocycles. The van der Waals surface area contributed by atoms with E-state index < -0.39 is 11.3 Å². The molecule has 5 nitrogen and oxygen atoms in total. The number of carbonyl (C=O) groups excluding carboxylic acids is 1. The molecule has 6 heteroatoms. The average molecular weight is 293 g/mol. The predicted molar refractivity (Wildman–Crippen MR) is 78.2 cm³/mol. The Morgan fingerprint density at radius 1 is 1.55 bits per heavy atom.